The van der Waals surface area contributed by atoms with Crippen molar-refractivity contribution in [2.75, 3.05) is 0 Å². The van der Waals surface area contributed by atoms with Crippen LogP contribution in [0.2, 0.25) is 0 Å². The van der Waals surface area contributed by atoms with Gasteiger partial charge >= 0.3 is 5.92 Å². The molecule has 1 aromatic rings. The third-order valence-corrected chi connectivity index (χ3v) is 1.37. The molecule has 0 radical (unpaired) electrons. The van der Waals surface area contributed by atoms with Gasteiger partial charge in [0.05, 0.1) is 6.20 Å². The minimum Gasteiger partial charge on any atom is -0.359 e. The fraction of sp³-hybridized carbons (Fsp3) is 0.286. The summed E-state index contributed by atoms with van der Waals surface area (Å²) in [5.41, 5.74) is -1.01. The molecule has 1 N–H and O–H groups in total. The smallest absolute Gasteiger partial charge is 0.344 e. The zero-order chi connectivity index (χ0) is 10.1. The van der Waals surface area contributed by atoms with Crippen molar-refractivity contribution in [1.82, 2.24) is 4.98 Å². The second kappa shape index (κ2) is 3.29. The second-order valence-corrected chi connectivity index (χ2v) is 2.32. The van der Waals surface area contributed by atoms with E-state index in [-0.39, 0.29) is 0 Å². The zero-order valence-electron chi connectivity index (χ0n) is 6.22. The van der Waals surface area contributed by atoms with E-state index in [1.54, 1.807) is 0 Å². The van der Waals surface area contributed by atoms with Crippen molar-refractivity contribution in [3.8, 4) is 0 Å². The highest BCUT2D eigenvalue weighted by atomic mass is 19.3. The lowest BCUT2D eigenvalue weighted by molar-refractivity contribution is -0.177. The first-order chi connectivity index (χ1) is 5.94. The number of hydrogen-bond acceptors (Lipinski definition) is 2. The van der Waals surface area contributed by atoms with Crippen molar-refractivity contribution in [2.45, 2.75) is 12.3 Å². The van der Waals surface area contributed by atoms with E-state index >= 15 is 0 Å². The van der Waals surface area contributed by atoms with E-state index in [4.69, 9.17) is 5.11 Å². The molecule has 0 saturated heterocycles. The van der Waals surface area contributed by atoms with Crippen LogP contribution in [0.1, 0.15) is 5.69 Å². The maximum absolute atomic E-state index is 12.6. The molecule has 0 aromatic carbocycles. The van der Waals surface area contributed by atoms with E-state index < -0.39 is 23.8 Å². The predicted octanol–water partition coefficient (Wildman–Crippen LogP) is 1.60. The Bertz CT molecular complexity index is 285. The first-order valence-electron chi connectivity index (χ1n) is 3.26. The Morgan fingerprint density at radius 2 is 2.00 bits per heavy atom. The molecule has 0 saturated carbocycles. The maximum atomic E-state index is 12.6. The Hall–Kier alpha value is -1.17. The fourth-order valence-corrected chi connectivity index (χ4v) is 0.695. The molecule has 6 heteroatoms. The molecule has 0 bridgehead atoms. The monoisotopic (exact) mass is 195 g/mol. The lowest BCUT2D eigenvalue weighted by atomic mass is 10.2. The molecule has 0 spiro atoms. The molecule has 13 heavy (non-hydrogen) atoms. The summed E-state index contributed by atoms with van der Waals surface area (Å²) in [5.74, 6) is -4.92. The third-order valence-electron chi connectivity index (χ3n) is 1.37. The van der Waals surface area contributed by atoms with Gasteiger partial charge in [0.1, 0.15) is 11.5 Å². The van der Waals surface area contributed by atoms with Crippen molar-refractivity contribution in [1.29, 1.82) is 0 Å². The number of halogens is 4. The summed E-state index contributed by atoms with van der Waals surface area (Å²) in [5, 5.41) is 8.05. The summed E-state index contributed by atoms with van der Waals surface area (Å²) in [6.45, 7) is 0. The number of aliphatic hydroxyl groups excluding tert-OH is 1. The molecule has 0 amide bonds. The van der Waals surface area contributed by atoms with Gasteiger partial charge in [-0.3, -0.25) is 4.98 Å². The molecule has 1 atom stereocenters. The Morgan fingerprint density at radius 1 is 1.38 bits per heavy atom. The molecular formula is C7H5F4NO. The molecule has 1 rings (SSSR count). The largest absolute Gasteiger partial charge is 0.359 e. The van der Waals surface area contributed by atoms with Crippen LogP contribution in [-0.2, 0) is 5.92 Å². The highest BCUT2D eigenvalue weighted by molar-refractivity contribution is 5.11. The molecule has 1 heterocycles. The van der Waals surface area contributed by atoms with Crippen molar-refractivity contribution < 1.29 is 22.7 Å². The van der Waals surface area contributed by atoms with Crippen molar-refractivity contribution in [3.63, 3.8) is 0 Å². The van der Waals surface area contributed by atoms with Crippen LogP contribution in [0.5, 0.6) is 0 Å². The van der Waals surface area contributed by atoms with E-state index in [0.29, 0.717) is 18.3 Å². The lowest BCUT2D eigenvalue weighted by Crippen LogP contribution is -2.27. The Balaban J connectivity index is 3.01. The number of aliphatic hydroxyl groups is 1. The Labute approximate surface area is 70.8 Å². The topological polar surface area (TPSA) is 33.1 Å². The summed E-state index contributed by atoms with van der Waals surface area (Å²) in [4.78, 5) is 2.95. The normalized spacial score (nSPS) is 14.2. The Morgan fingerprint density at radius 3 is 2.38 bits per heavy atom. The predicted molar refractivity (Wildman–Crippen MR) is 35.2 cm³/mol. The van der Waals surface area contributed by atoms with Gasteiger partial charge in [-0.25, -0.2) is 8.78 Å². The highest BCUT2D eigenvalue weighted by Gasteiger charge is 2.42. The van der Waals surface area contributed by atoms with Crippen molar-refractivity contribution in [3.05, 3.63) is 29.8 Å². The first-order valence-corrected chi connectivity index (χ1v) is 3.26. The SMILES string of the molecule is OC(F)C(F)(F)c1ccc(F)cn1. The number of hydrogen-bond donors (Lipinski definition) is 1. The van der Waals surface area contributed by atoms with Crippen molar-refractivity contribution in [2.24, 2.45) is 0 Å². The van der Waals surface area contributed by atoms with E-state index in [1.807, 2.05) is 0 Å². The average Bonchev–Trinajstić information content (AvgIpc) is 2.04. The van der Waals surface area contributed by atoms with Gasteiger partial charge in [-0.2, -0.15) is 8.78 Å². The third kappa shape index (κ3) is 1.95. The quantitative estimate of drug-likeness (QED) is 0.727. The second-order valence-electron chi connectivity index (χ2n) is 2.32. The van der Waals surface area contributed by atoms with Gasteiger partial charge in [0, 0.05) is 0 Å². The van der Waals surface area contributed by atoms with Crippen LogP contribution in [-0.4, -0.2) is 16.4 Å². The summed E-state index contributed by atoms with van der Waals surface area (Å²) in [7, 11) is 0. The van der Waals surface area contributed by atoms with Crippen LogP contribution < -0.4 is 0 Å². The molecule has 0 fully saturated rings. The molecule has 72 valence electrons. The molecule has 1 aromatic heterocycles. The zero-order valence-corrected chi connectivity index (χ0v) is 6.22. The number of pyridine rings is 1. The summed E-state index contributed by atoms with van der Waals surface area (Å²) in [6, 6.07) is 1.32. The molecular weight excluding hydrogens is 190 g/mol. The lowest BCUT2D eigenvalue weighted by Gasteiger charge is -2.15. The van der Waals surface area contributed by atoms with Gasteiger partial charge in [0.25, 0.3) is 6.36 Å². The minimum atomic E-state index is -4.10. The van der Waals surface area contributed by atoms with Gasteiger partial charge in [0.2, 0.25) is 0 Å². The van der Waals surface area contributed by atoms with Crippen LogP contribution in [0, 0.1) is 5.82 Å². The van der Waals surface area contributed by atoms with Gasteiger partial charge in [-0.05, 0) is 12.1 Å². The standard InChI is InChI=1S/C7H5F4NO/c8-4-1-2-5(12-3-4)7(10,11)6(9)13/h1-3,6,13H. The van der Waals surface area contributed by atoms with E-state index in [1.165, 1.54) is 0 Å². The molecule has 0 aliphatic rings. The van der Waals surface area contributed by atoms with E-state index in [2.05, 4.69) is 4.98 Å². The minimum absolute atomic E-state index is 0.519. The summed E-state index contributed by atoms with van der Waals surface area (Å²) in [6.07, 6.45) is -2.82. The van der Waals surface area contributed by atoms with E-state index in [9.17, 15) is 17.6 Å². The summed E-state index contributed by atoms with van der Waals surface area (Å²) >= 11 is 0. The van der Waals surface area contributed by atoms with Crippen LogP contribution >= 0.6 is 0 Å². The van der Waals surface area contributed by atoms with Crippen LogP contribution in [0.15, 0.2) is 18.3 Å². The van der Waals surface area contributed by atoms with Crippen LogP contribution in [0.25, 0.3) is 0 Å². The first kappa shape index (κ1) is 9.91. The molecule has 0 aliphatic carbocycles. The number of alkyl halides is 3. The van der Waals surface area contributed by atoms with Gasteiger partial charge in [-0.1, -0.05) is 0 Å². The van der Waals surface area contributed by atoms with Gasteiger partial charge in [-0.15, -0.1) is 0 Å². The maximum Gasteiger partial charge on any atom is 0.344 e. The summed E-state index contributed by atoms with van der Waals surface area (Å²) < 4.78 is 49.4. The van der Waals surface area contributed by atoms with Crippen LogP contribution in [0.3, 0.4) is 0 Å². The number of nitrogens with zero attached hydrogens (tertiary/aromatic N) is 1. The molecule has 1 unspecified atom stereocenters. The average molecular weight is 195 g/mol. The molecule has 2 nitrogen and oxygen atoms in total. The van der Waals surface area contributed by atoms with Crippen LogP contribution in [0.4, 0.5) is 17.6 Å². The van der Waals surface area contributed by atoms with Gasteiger partial charge in [0.15, 0.2) is 0 Å². The fourth-order valence-electron chi connectivity index (χ4n) is 0.695. The van der Waals surface area contributed by atoms with E-state index in [0.717, 1.165) is 0 Å². The number of rotatable bonds is 2. The highest BCUT2D eigenvalue weighted by Crippen LogP contribution is 2.30. The van der Waals surface area contributed by atoms with Crippen molar-refractivity contribution >= 4 is 0 Å². The Kier molecular flexibility index (Phi) is 2.51. The molecule has 0 aliphatic heterocycles. The number of aromatic nitrogens is 1. The van der Waals surface area contributed by atoms with Gasteiger partial charge < -0.3 is 5.11 Å².